The van der Waals surface area contributed by atoms with Gasteiger partial charge in [0.05, 0.1) is 23.4 Å². The van der Waals surface area contributed by atoms with E-state index in [9.17, 15) is 14.7 Å². The van der Waals surface area contributed by atoms with Gasteiger partial charge >= 0.3 is 6.09 Å². The number of nitrogens with two attached hydrogens (primary N) is 1. The Morgan fingerprint density at radius 1 is 1.10 bits per heavy atom. The fraction of sp³-hybridized carbons (Fsp3) is 0.281. The summed E-state index contributed by atoms with van der Waals surface area (Å²) >= 11 is 0. The molecular weight excluding hydrogens is 516 g/mol. The van der Waals surface area contributed by atoms with Crippen molar-refractivity contribution in [2.24, 2.45) is 0 Å². The van der Waals surface area contributed by atoms with Gasteiger partial charge in [0.2, 0.25) is 0 Å². The van der Waals surface area contributed by atoms with Gasteiger partial charge in [-0.3, -0.25) is 4.79 Å². The summed E-state index contributed by atoms with van der Waals surface area (Å²) in [5.41, 5.74) is 11.7. The van der Waals surface area contributed by atoms with Crippen LogP contribution in [-0.4, -0.2) is 43.1 Å². The summed E-state index contributed by atoms with van der Waals surface area (Å²) in [6.07, 6.45) is 4.30. The van der Waals surface area contributed by atoms with Crippen molar-refractivity contribution < 1.29 is 14.7 Å². The topological polar surface area (TPSA) is 129 Å². The van der Waals surface area contributed by atoms with Gasteiger partial charge in [-0.2, -0.15) is 0 Å². The van der Waals surface area contributed by atoms with Crippen molar-refractivity contribution in [2.45, 2.75) is 51.2 Å². The van der Waals surface area contributed by atoms with Gasteiger partial charge in [0, 0.05) is 40.6 Å². The molecule has 0 aliphatic carbocycles. The lowest BCUT2D eigenvalue weighted by Crippen LogP contribution is -2.42. The van der Waals surface area contributed by atoms with E-state index < -0.39 is 12.1 Å². The number of nitrogens with one attached hydrogen (secondary N) is 2. The van der Waals surface area contributed by atoms with Gasteiger partial charge < -0.3 is 30.6 Å². The molecule has 2 atom stereocenters. The zero-order valence-electron chi connectivity index (χ0n) is 23.0. The zero-order chi connectivity index (χ0) is 28.5. The molecule has 2 amide bonds. The maximum absolute atomic E-state index is 13.7. The summed E-state index contributed by atoms with van der Waals surface area (Å²) in [5, 5.41) is 14.2. The van der Waals surface area contributed by atoms with E-state index in [1.54, 1.807) is 29.2 Å². The number of imidazole rings is 1. The molecule has 9 heteroatoms. The third-order valence-corrected chi connectivity index (χ3v) is 8.03. The molecule has 1 aliphatic heterocycles. The Balaban J connectivity index is 1.32. The van der Waals surface area contributed by atoms with Crippen LogP contribution in [0.1, 0.15) is 56.1 Å². The molecular formula is C32H34N6O3. The normalized spacial score (nSPS) is 15.9. The van der Waals surface area contributed by atoms with Gasteiger partial charge in [0.25, 0.3) is 5.91 Å². The molecule has 9 nitrogen and oxygen atoms in total. The van der Waals surface area contributed by atoms with Gasteiger partial charge in [0.1, 0.15) is 11.9 Å². The van der Waals surface area contributed by atoms with E-state index in [1.807, 2.05) is 24.4 Å². The third-order valence-electron chi connectivity index (χ3n) is 8.03. The highest BCUT2D eigenvalue weighted by Crippen LogP contribution is 2.36. The number of H-pyrrole nitrogens is 1. The molecule has 0 radical (unpaired) electrons. The first kappa shape index (κ1) is 26.4. The quantitative estimate of drug-likeness (QED) is 0.170. The Labute approximate surface area is 238 Å². The number of hydrogen-bond acceptors (Lipinski definition) is 4. The minimum atomic E-state index is -1.24. The molecule has 0 saturated carbocycles. The zero-order valence-corrected chi connectivity index (χ0v) is 23.0. The predicted molar refractivity (Wildman–Crippen MR) is 160 cm³/mol. The molecule has 1 fully saturated rings. The van der Waals surface area contributed by atoms with Crippen molar-refractivity contribution >= 4 is 39.5 Å². The number of aromatic amines is 1. The number of rotatable bonds is 8. The van der Waals surface area contributed by atoms with Crippen LogP contribution in [0.4, 0.5) is 10.5 Å². The molecule has 1 unspecified atom stereocenters. The number of benzene rings is 3. The number of nitrogen functional groups attached to an aromatic ring is 1. The van der Waals surface area contributed by atoms with Gasteiger partial charge in [-0.25, -0.2) is 9.78 Å². The lowest BCUT2D eigenvalue weighted by Gasteiger charge is -2.28. The number of hydrogen-bond donors (Lipinski definition) is 4. The number of fused-ring (bicyclic) bond motifs is 3. The highest BCUT2D eigenvalue weighted by molar-refractivity contribution is 6.09. The summed E-state index contributed by atoms with van der Waals surface area (Å²) in [7, 11) is 0. The summed E-state index contributed by atoms with van der Waals surface area (Å²) in [6, 6.07) is 20.2. The molecule has 210 valence electrons. The third kappa shape index (κ3) is 4.99. The fourth-order valence-electron chi connectivity index (χ4n) is 6.03. The monoisotopic (exact) mass is 550 g/mol. The number of anilines is 1. The smallest absolute Gasteiger partial charge is 0.405 e. The van der Waals surface area contributed by atoms with Gasteiger partial charge in [-0.1, -0.05) is 61.9 Å². The van der Waals surface area contributed by atoms with Crippen molar-refractivity contribution in [3.63, 3.8) is 0 Å². The highest BCUT2D eigenvalue weighted by atomic mass is 16.4. The van der Waals surface area contributed by atoms with Crippen LogP contribution >= 0.6 is 0 Å². The molecule has 1 aliphatic rings. The van der Waals surface area contributed by atoms with Gasteiger partial charge in [0.15, 0.2) is 0 Å². The lowest BCUT2D eigenvalue weighted by molar-refractivity contribution is -0.134. The molecule has 2 aromatic heterocycles. The van der Waals surface area contributed by atoms with E-state index in [1.165, 1.54) is 10.8 Å². The Morgan fingerprint density at radius 2 is 1.85 bits per heavy atom. The Hall–Kier alpha value is -4.79. The van der Waals surface area contributed by atoms with Crippen molar-refractivity contribution in [2.75, 3.05) is 12.3 Å². The van der Waals surface area contributed by atoms with E-state index in [2.05, 4.69) is 46.1 Å². The van der Waals surface area contributed by atoms with Crippen LogP contribution in [0.25, 0.3) is 33.1 Å². The minimum Gasteiger partial charge on any atom is -0.465 e. The molecule has 1 saturated heterocycles. The molecule has 3 heterocycles. The van der Waals surface area contributed by atoms with E-state index >= 15 is 0 Å². The maximum atomic E-state index is 13.7. The summed E-state index contributed by atoms with van der Waals surface area (Å²) < 4.78 is 2.35. The molecule has 0 bridgehead atoms. The number of carbonyl (C=O) groups excluding carboxylic acids is 1. The first-order valence-electron chi connectivity index (χ1n) is 14.2. The predicted octanol–water partition coefficient (Wildman–Crippen LogP) is 6.24. The Morgan fingerprint density at radius 3 is 2.61 bits per heavy atom. The number of likely N-dealkylation sites (tertiary alicyclic amines) is 1. The van der Waals surface area contributed by atoms with Crippen LogP contribution in [0.15, 0.2) is 72.9 Å². The Kier molecular flexibility index (Phi) is 7.09. The fourth-order valence-corrected chi connectivity index (χ4v) is 6.03. The van der Waals surface area contributed by atoms with Crippen LogP contribution in [0.3, 0.4) is 0 Å². The van der Waals surface area contributed by atoms with E-state index in [0.717, 1.165) is 60.2 Å². The lowest BCUT2D eigenvalue weighted by atomic mass is 10.1. The minimum absolute atomic E-state index is 0.263. The highest BCUT2D eigenvalue weighted by Gasteiger charge is 2.37. The maximum Gasteiger partial charge on any atom is 0.405 e. The average Bonchev–Trinajstić information content (AvgIpc) is 3.72. The molecule has 0 spiro atoms. The molecule has 6 rings (SSSR count). The van der Waals surface area contributed by atoms with Crippen molar-refractivity contribution in [3.05, 3.63) is 84.3 Å². The second-order valence-electron chi connectivity index (χ2n) is 10.7. The van der Waals surface area contributed by atoms with Crippen molar-refractivity contribution in [3.8, 4) is 11.3 Å². The first-order valence-corrected chi connectivity index (χ1v) is 14.2. The van der Waals surface area contributed by atoms with Crippen LogP contribution in [0, 0.1) is 0 Å². The van der Waals surface area contributed by atoms with Crippen LogP contribution in [0.5, 0.6) is 0 Å². The molecule has 5 N–H and O–H groups in total. The van der Waals surface area contributed by atoms with Crippen LogP contribution in [-0.2, 0) is 11.3 Å². The Bertz CT molecular complexity index is 1720. The number of carbonyl (C=O) groups is 2. The summed E-state index contributed by atoms with van der Waals surface area (Å²) in [6.45, 7) is 3.64. The second-order valence-corrected chi connectivity index (χ2v) is 10.7. The SMILES string of the molecule is CCCCn1c2cc(N)ccc2c2ccc(-c3cnc(C4CCCN4C(=O)[C@H](NC(=O)O)c4ccccc4)[nH]3)cc21. The van der Waals surface area contributed by atoms with Gasteiger partial charge in [-0.15, -0.1) is 0 Å². The summed E-state index contributed by atoms with van der Waals surface area (Å²) in [4.78, 5) is 35.1. The summed E-state index contributed by atoms with van der Waals surface area (Å²) in [5.74, 6) is 0.424. The molecule has 5 aromatic rings. The number of carboxylic acid groups (broad SMARTS) is 1. The number of nitrogens with zero attached hydrogens (tertiary/aromatic N) is 3. The van der Waals surface area contributed by atoms with E-state index in [4.69, 9.17) is 10.7 Å². The van der Waals surface area contributed by atoms with Gasteiger partial charge in [-0.05, 0) is 43.0 Å². The molecule has 41 heavy (non-hydrogen) atoms. The number of aryl methyl sites for hydroxylation is 1. The van der Waals surface area contributed by atoms with Crippen molar-refractivity contribution in [1.29, 1.82) is 0 Å². The van der Waals surface area contributed by atoms with E-state index in [0.29, 0.717) is 17.9 Å². The number of aromatic nitrogens is 3. The average molecular weight is 551 g/mol. The standard InChI is InChI=1S/C32H34N6O3/c1-2-3-15-37-27-17-21(11-13-23(27)24-14-12-22(33)18-28(24)37)25-19-34-30(35-25)26-10-7-16-38(26)31(39)29(36-32(40)41)20-8-5-4-6-9-20/h4-6,8-9,11-14,17-19,26,29,36H,2-3,7,10,15-16,33H2,1H3,(H,34,35)(H,40,41)/t26?,29-/m1/s1. The van der Waals surface area contributed by atoms with Crippen molar-refractivity contribution in [1.82, 2.24) is 24.8 Å². The number of unbranched alkanes of at least 4 members (excludes halogenated alkanes) is 1. The number of amides is 2. The van der Waals surface area contributed by atoms with E-state index in [-0.39, 0.29) is 11.9 Å². The molecule has 3 aromatic carbocycles. The van der Waals surface area contributed by atoms with Crippen LogP contribution in [0.2, 0.25) is 0 Å². The van der Waals surface area contributed by atoms with Crippen LogP contribution < -0.4 is 11.1 Å². The second kappa shape index (κ2) is 11.0. The largest absolute Gasteiger partial charge is 0.465 e. The first-order chi connectivity index (χ1) is 19.9.